The zero-order chi connectivity index (χ0) is 19.4. The molecule has 146 valence electrons. The highest BCUT2D eigenvalue weighted by molar-refractivity contribution is 5.54. The Labute approximate surface area is 160 Å². The van der Waals surface area contributed by atoms with Gasteiger partial charge in [0.2, 0.25) is 5.75 Å². The molecular formula is C22H28O5. The number of benzene rings is 2. The first kappa shape index (κ1) is 19.5. The maximum Gasteiger partial charge on any atom is 0.203 e. The van der Waals surface area contributed by atoms with Crippen molar-refractivity contribution in [3.63, 3.8) is 0 Å². The van der Waals surface area contributed by atoms with Crippen molar-refractivity contribution in [3.05, 3.63) is 53.1 Å². The van der Waals surface area contributed by atoms with E-state index in [0.29, 0.717) is 23.9 Å². The summed E-state index contributed by atoms with van der Waals surface area (Å²) >= 11 is 0. The van der Waals surface area contributed by atoms with Crippen molar-refractivity contribution in [2.24, 2.45) is 11.8 Å². The van der Waals surface area contributed by atoms with Crippen molar-refractivity contribution in [2.45, 2.75) is 19.4 Å². The average Bonchev–Trinajstić information content (AvgIpc) is 3.10. The van der Waals surface area contributed by atoms with Gasteiger partial charge in [0.25, 0.3) is 0 Å². The highest BCUT2D eigenvalue weighted by Gasteiger charge is 2.38. The summed E-state index contributed by atoms with van der Waals surface area (Å²) < 4.78 is 22.4. The van der Waals surface area contributed by atoms with Crippen LogP contribution in [-0.2, 0) is 11.2 Å². The van der Waals surface area contributed by atoms with Crippen LogP contribution in [0.5, 0.6) is 17.2 Å². The van der Waals surface area contributed by atoms with E-state index in [2.05, 4.69) is 31.2 Å². The molecule has 27 heavy (non-hydrogen) atoms. The van der Waals surface area contributed by atoms with E-state index in [4.69, 9.17) is 18.9 Å². The number of methoxy groups -OCH3 is 3. The standard InChI is InChI=1S/C22H28O5/c1-14-5-7-15(8-6-14)9-17-13-27-21(18(17)12-23)16-10-19(24-2)22(26-4)20(11-16)25-3/h5-8,10-11,17-18,21,23H,9,12-13H2,1-4H3/t17-,18-,21+/m0/s1. The van der Waals surface area contributed by atoms with Gasteiger partial charge in [0, 0.05) is 12.5 Å². The summed E-state index contributed by atoms with van der Waals surface area (Å²) in [5.41, 5.74) is 3.43. The predicted octanol–water partition coefficient (Wildman–Crippen LogP) is 3.56. The van der Waals surface area contributed by atoms with Gasteiger partial charge in [-0.1, -0.05) is 29.8 Å². The molecule has 0 bridgehead atoms. The Balaban J connectivity index is 1.85. The highest BCUT2D eigenvalue weighted by atomic mass is 16.5. The van der Waals surface area contributed by atoms with Gasteiger partial charge in [-0.2, -0.15) is 0 Å². The van der Waals surface area contributed by atoms with Crippen molar-refractivity contribution in [1.82, 2.24) is 0 Å². The van der Waals surface area contributed by atoms with Gasteiger partial charge in [0.1, 0.15) is 0 Å². The van der Waals surface area contributed by atoms with E-state index in [1.807, 2.05) is 12.1 Å². The smallest absolute Gasteiger partial charge is 0.203 e. The summed E-state index contributed by atoms with van der Waals surface area (Å²) in [7, 11) is 4.78. The van der Waals surface area contributed by atoms with Crippen molar-refractivity contribution in [1.29, 1.82) is 0 Å². The Morgan fingerprint density at radius 3 is 2.15 bits per heavy atom. The molecule has 0 amide bonds. The average molecular weight is 372 g/mol. The predicted molar refractivity (Wildman–Crippen MR) is 104 cm³/mol. The van der Waals surface area contributed by atoms with Crippen molar-refractivity contribution < 1.29 is 24.1 Å². The summed E-state index contributed by atoms with van der Waals surface area (Å²) in [6.07, 6.45) is 0.672. The van der Waals surface area contributed by atoms with Gasteiger partial charge in [-0.25, -0.2) is 0 Å². The molecule has 0 aliphatic carbocycles. The first-order valence-corrected chi connectivity index (χ1v) is 9.19. The van der Waals surface area contributed by atoms with Gasteiger partial charge >= 0.3 is 0 Å². The van der Waals surface area contributed by atoms with E-state index in [1.54, 1.807) is 21.3 Å². The molecule has 2 aromatic rings. The van der Waals surface area contributed by atoms with Crippen LogP contribution in [-0.4, -0.2) is 39.6 Å². The summed E-state index contributed by atoms with van der Waals surface area (Å²) in [5, 5.41) is 10.1. The molecule has 1 saturated heterocycles. The minimum absolute atomic E-state index is 0.00844. The Hall–Kier alpha value is -2.24. The number of aliphatic hydroxyl groups excluding tert-OH is 1. The molecule has 5 nitrogen and oxygen atoms in total. The third kappa shape index (κ3) is 4.04. The molecule has 1 heterocycles. The molecule has 1 fully saturated rings. The first-order chi connectivity index (χ1) is 13.1. The normalized spacial score (nSPS) is 21.9. The van der Waals surface area contributed by atoms with Crippen molar-refractivity contribution in [3.8, 4) is 17.2 Å². The lowest BCUT2D eigenvalue weighted by Gasteiger charge is -2.23. The van der Waals surface area contributed by atoms with E-state index in [0.717, 1.165) is 12.0 Å². The molecule has 1 N–H and O–H groups in total. The molecule has 1 aliphatic rings. The van der Waals surface area contributed by atoms with Gasteiger partial charge in [-0.3, -0.25) is 0 Å². The summed E-state index contributed by atoms with van der Waals surface area (Å²) in [4.78, 5) is 0. The molecule has 0 unspecified atom stereocenters. The Morgan fingerprint density at radius 1 is 1.00 bits per heavy atom. The monoisotopic (exact) mass is 372 g/mol. The minimum atomic E-state index is -0.209. The number of rotatable bonds is 7. The van der Waals surface area contributed by atoms with Crippen LogP contribution in [0, 0.1) is 18.8 Å². The Bertz CT molecular complexity index is 731. The van der Waals surface area contributed by atoms with Gasteiger partial charge in [0.05, 0.1) is 34.0 Å². The maximum absolute atomic E-state index is 10.1. The molecule has 0 aromatic heterocycles. The van der Waals surface area contributed by atoms with Crippen molar-refractivity contribution >= 4 is 0 Å². The summed E-state index contributed by atoms with van der Waals surface area (Å²) in [6, 6.07) is 12.4. The zero-order valence-corrected chi connectivity index (χ0v) is 16.4. The fraction of sp³-hybridized carbons (Fsp3) is 0.455. The van der Waals surface area contributed by atoms with E-state index < -0.39 is 0 Å². The van der Waals surface area contributed by atoms with Crippen LogP contribution >= 0.6 is 0 Å². The van der Waals surface area contributed by atoms with E-state index in [-0.39, 0.29) is 24.5 Å². The number of aryl methyl sites for hydroxylation is 1. The topological polar surface area (TPSA) is 57.2 Å². The molecule has 0 radical (unpaired) electrons. The Kier molecular flexibility index (Phi) is 6.24. The van der Waals surface area contributed by atoms with Crippen LogP contribution in [0.2, 0.25) is 0 Å². The highest BCUT2D eigenvalue weighted by Crippen LogP contribution is 2.45. The summed E-state index contributed by atoms with van der Waals surface area (Å²) in [5.74, 6) is 2.00. The number of aliphatic hydroxyl groups is 1. The van der Waals surface area contributed by atoms with Crippen molar-refractivity contribution in [2.75, 3.05) is 34.5 Å². The van der Waals surface area contributed by atoms with Crippen LogP contribution in [0.4, 0.5) is 0 Å². The SMILES string of the molecule is COc1cc([C@H]2OC[C@H](Cc3ccc(C)cc3)[C@@H]2CO)cc(OC)c1OC. The van der Waals surface area contributed by atoms with Gasteiger partial charge in [-0.15, -0.1) is 0 Å². The van der Waals surface area contributed by atoms with Crippen LogP contribution in [0.3, 0.4) is 0 Å². The second kappa shape index (κ2) is 8.63. The number of ether oxygens (including phenoxy) is 4. The fourth-order valence-electron chi connectivity index (χ4n) is 3.81. The number of hydrogen-bond donors (Lipinski definition) is 1. The van der Waals surface area contributed by atoms with E-state index in [9.17, 15) is 5.11 Å². The van der Waals surface area contributed by atoms with Crippen LogP contribution in [0.1, 0.15) is 22.8 Å². The largest absolute Gasteiger partial charge is 0.493 e. The lowest BCUT2D eigenvalue weighted by atomic mass is 9.84. The molecule has 3 rings (SSSR count). The molecule has 0 saturated carbocycles. The lowest BCUT2D eigenvalue weighted by Crippen LogP contribution is -2.21. The van der Waals surface area contributed by atoms with E-state index in [1.165, 1.54) is 11.1 Å². The molecule has 3 atom stereocenters. The molecule has 5 heteroatoms. The third-order valence-electron chi connectivity index (χ3n) is 5.33. The minimum Gasteiger partial charge on any atom is -0.493 e. The van der Waals surface area contributed by atoms with Crippen LogP contribution in [0.15, 0.2) is 36.4 Å². The second-order valence-electron chi connectivity index (χ2n) is 7.01. The van der Waals surface area contributed by atoms with Gasteiger partial charge < -0.3 is 24.1 Å². The molecule has 2 aromatic carbocycles. The lowest BCUT2D eigenvalue weighted by molar-refractivity contribution is 0.0715. The van der Waals surface area contributed by atoms with Gasteiger partial charge in [-0.05, 0) is 42.5 Å². The van der Waals surface area contributed by atoms with Crippen LogP contribution < -0.4 is 14.2 Å². The quantitative estimate of drug-likeness (QED) is 0.805. The Morgan fingerprint density at radius 2 is 1.63 bits per heavy atom. The molecule has 0 spiro atoms. The fourth-order valence-corrected chi connectivity index (χ4v) is 3.81. The number of hydrogen-bond acceptors (Lipinski definition) is 5. The first-order valence-electron chi connectivity index (χ1n) is 9.19. The second-order valence-corrected chi connectivity index (χ2v) is 7.01. The van der Waals surface area contributed by atoms with Crippen LogP contribution in [0.25, 0.3) is 0 Å². The van der Waals surface area contributed by atoms with E-state index >= 15 is 0 Å². The van der Waals surface area contributed by atoms with Gasteiger partial charge in [0.15, 0.2) is 11.5 Å². The zero-order valence-electron chi connectivity index (χ0n) is 16.4. The third-order valence-corrected chi connectivity index (χ3v) is 5.33. The molecule has 1 aliphatic heterocycles. The summed E-state index contributed by atoms with van der Waals surface area (Å²) in [6.45, 7) is 2.76. The maximum atomic E-state index is 10.1. The molecular weight excluding hydrogens is 344 g/mol.